The van der Waals surface area contributed by atoms with E-state index < -0.39 is 24.3 Å². The third kappa shape index (κ3) is 6.19. The van der Waals surface area contributed by atoms with Crippen LogP contribution in [0.1, 0.15) is 5.56 Å². The van der Waals surface area contributed by atoms with Gasteiger partial charge in [-0.3, -0.25) is 4.79 Å². The van der Waals surface area contributed by atoms with Crippen molar-refractivity contribution in [2.45, 2.75) is 6.18 Å². The van der Waals surface area contributed by atoms with Crippen molar-refractivity contribution in [1.82, 2.24) is 5.32 Å². The van der Waals surface area contributed by atoms with E-state index >= 15 is 0 Å². The number of rotatable bonds is 7. The molecule has 0 aliphatic rings. The van der Waals surface area contributed by atoms with Gasteiger partial charge < -0.3 is 14.8 Å². The zero-order chi connectivity index (χ0) is 18.3. The van der Waals surface area contributed by atoms with Crippen LogP contribution in [0.4, 0.5) is 13.2 Å². The van der Waals surface area contributed by atoms with Gasteiger partial charge >= 0.3 is 6.18 Å². The van der Waals surface area contributed by atoms with Crippen molar-refractivity contribution in [2.24, 2.45) is 0 Å². The summed E-state index contributed by atoms with van der Waals surface area (Å²) in [5.41, 5.74) is -0.835. The lowest BCUT2D eigenvalue weighted by molar-refractivity contribution is -0.137. The maximum absolute atomic E-state index is 12.6. The van der Waals surface area contributed by atoms with E-state index in [4.69, 9.17) is 21.1 Å². The van der Waals surface area contributed by atoms with Crippen molar-refractivity contribution >= 4 is 17.5 Å². The Morgan fingerprint density at radius 3 is 2.56 bits per heavy atom. The van der Waals surface area contributed by atoms with Gasteiger partial charge in [0.1, 0.15) is 18.1 Å². The van der Waals surface area contributed by atoms with Gasteiger partial charge in [0, 0.05) is 0 Å². The van der Waals surface area contributed by atoms with E-state index in [0.717, 1.165) is 12.1 Å². The van der Waals surface area contributed by atoms with Crippen molar-refractivity contribution in [2.75, 3.05) is 19.8 Å². The molecule has 0 bridgehead atoms. The van der Waals surface area contributed by atoms with E-state index in [1.165, 1.54) is 12.1 Å². The fourth-order valence-corrected chi connectivity index (χ4v) is 2.07. The number of benzene rings is 2. The van der Waals surface area contributed by atoms with Gasteiger partial charge in [-0.25, -0.2) is 0 Å². The molecule has 0 aromatic heterocycles. The average molecular weight is 374 g/mol. The number of alkyl halides is 3. The number of hydrogen-bond acceptors (Lipinski definition) is 3. The summed E-state index contributed by atoms with van der Waals surface area (Å²) in [6.45, 7) is 0.00242. The first kappa shape index (κ1) is 18.9. The van der Waals surface area contributed by atoms with Gasteiger partial charge in [-0.2, -0.15) is 13.2 Å². The molecule has 0 radical (unpaired) electrons. The Hall–Kier alpha value is -2.41. The zero-order valence-corrected chi connectivity index (χ0v) is 13.7. The molecular weight excluding hydrogens is 359 g/mol. The van der Waals surface area contributed by atoms with Gasteiger partial charge in [0.2, 0.25) is 0 Å². The summed E-state index contributed by atoms with van der Waals surface area (Å²) < 4.78 is 48.2. The normalized spacial score (nSPS) is 11.0. The Labute approximate surface area is 147 Å². The molecule has 0 aliphatic carbocycles. The predicted octanol–water partition coefficient (Wildman–Crippen LogP) is 3.93. The molecule has 0 unspecified atom stereocenters. The molecule has 0 saturated heterocycles. The lowest BCUT2D eigenvalue weighted by Gasteiger charge is -2.11. The van der Waals surface area contributed by atoms with Crippen molar-refractivity contribution in [3.05, 3.63) is 59.1 Å². The van der Waals surface area contributed by atoms with E-state index in [1.807, 2.05) is 0 Å². The number of para-hydroxylation sites is 1. The first-order valence-electron chi connectivity index (χ1n) is 7.30. The maximum atomic E-state index is 12.6. The molecule has 1 N–H and O–H groups in total. The molecule has 0 fully saturated rings. The van der Waals surface area contributed by atoms with E-state index in [0.29, 0.717) is 10.8 Å². The summed E-state index contributed by atoms with van der Waals surface area (Å²) in [7, 11) is 0. The minimum absolute atomic E-state index is 0.0303. The van der Waals surface area contributed by atoms with Crippen molar-refractivity contribution in [1.29, 1.82) is 0 Å². The van der Waals surface area contributed by atoms with E-state index in [9.17, 15) is 18.0 Å². The van der Waals surface area contributed by atoms with Crippen LogP contribution in [0.2, 0.25) is 5.02 Å². The van der Waals surface area contributed by atoms with Gasteiger partial charge in [0.25, 0.3) is 5.91 Å². The minimum atomic E-state index is -4.46. The quantitative estimate of drug-likeness (QED) is 0.748. The molecule has 0 heterocycles. The van der Waals surface area contributed by atoms with Crippen molar-refractivity contribution < 1.29 is 27.4 Å². The first-order chi connectivity index (χ1) is 11.9. The van der Waals surface area contributed by atoms with Gasteiger partial charge in [-0.15, -0.1) is 0 Å². The SMILES string of the molecule is O=C(COc1cccc(C(F)(F)F)c1)NCCOc1ccccc1Cl. The number of nitrogens with one attached hydrogen (secondary N) is 1. The second-order valence-electron chi connectivity index (χ2n) is 4.94. The first-order valence-corrected chi connectivity index (χ1v) is 7.68. The second-order valence-corrected chi connectivity index (χ2v) is 5.35. The van der Waals surface area contributed by atoms with Crippen LogP contribution in [0.3, 0.4) is 0 Å². The summed E-state index contributed by atoms with van der Waals surface area (Å²) in [6, 6.07) is 11.2. The third-order valence-electron chi connectivity index (χ3n) is 3.05. The van der Waals surface area contributed by atoms with Crippen LogP contribution in [-0.2, 0) is 11.0 Å². The highest BCUT2D eigenvalue weighted by molar-refractivity contribution is 6.32. The summed E-state index contributed by atoms with van der Waals surface area (Å²) >= 11 is 5.92. The molecule has 0 aliphatic heterocycles. The molecule has 0 spiro atoms. The van der Waals surface area contributed by atoms with E-state index in [2.05, 4.69) is 5.32 Å². The summed E-state index contributed by atoms with van der Waals surface area (Å²) in [5.74, 6) is -0.00362. The number of carbonyl (C=O) groups is 1. The van der Waals surface area contributed by atoms with Crippen LogP contribution >= 0.6 is 11.6 Å². The molecule has 134 valence electrons. The average Bonchev–Trinajstić information content (AvgIpc) is 2.58. The van der Waals surface area contributed by atoms with Gasteiger partial charge in [0.05, 0.1) is 17.1 Å². The van der Waals surface area contributed by atoms with Gasteiger partial charge in [-0.1, -0.05) is 29.8 Å². The minimum Gasteiger partial charge on any atom is -0.490 e. The van der Waals surface area contributed by atoms with Crippen LogP contribution < -0.4 is 14.8 Å². The zero-order valence-electron chi connectivity index (χ0n) is 13.0. The van der Waals surface area contributed by atoms with Crippen LogP contribution in [0.15, 0.2) is 48.5 Å². The highest BCUT2D eigenvalue weighted by atomic mass is 35.5. The fourth-order valence-electron chi connectivity index (χ4n) is 1.88. The Balaban J connectivity index is 1.72. The van der Waals surface area contributed by atoms with Crippen LogP contribution in [0.25, 0.3) is 0 Å². The smallest absolute Gasteiger partial charge is 0.416 e. The molecule has 2 aromatic rings. The standard InChI is InChI=1S/C17H15ClF3NO3/c18-14-6-1-2-7-15(14)24-9-8-22-16(23)11-25-13-5-3-4-12(10-13)17(19,20)21/h1-7,10H,8-9,11H2,(H,22,23). The van der Waals surface area contributed by atoms with Gasteiger partial charge in [0.15, 0.2) is 6.61 Å². The Morgan fingerprint density at radius 1 is 1.08 bits per heavy atom. The number of ether oxygens (including phenoxy) is 2. The topological polar surface area (TPSA) is 47.6 Å². The largest absolute Gasteiger partial charge is 0.490 e. The van der Waals surface area contributed by atoms with E-state index in [-0.39, 0.29) is 18.9 Å². The lowest BCUT2D eigenvalue weighted by atomic mass is 10.2. The van der Waals surface area contributed by atoms with E-state index in [1.54, 1.807) is 24.3 Å². The fraction of sp³-hybridized carbons (Fsp3) is 0.235. The molecule has 4 nitrogen and oxygen atoms in total. The highest BCUT2D eigenvalue weighted by Gasteiger charge is 2.30. The number of hydrogen-bond donors (Lipinski definition) is 1. The van der Waals surface area contributed by atoms with Crippen molar-refractivity contribution in [3.63, 3.8) is 0 Å². The predicted molar refractivity (Wildman–Crippen MR) is 86.9 cm³/mol. The second kappa shape index (κ2) is 8.62. The van der Waals surface area contributed by atoms with Crippen LogP contribution in [0.5, 0.6) is 11.5 Å². The summed E-state index contributed by atoms with van der Waals surface area (Å²) in [4.78, 5) is 11.6. The number of carbonyl (C=O) groups excluding carboxylic acids is 1. The molecule has 2 rings (SSSR count). The van der Waals surface area contributed by atoms with Gasteiger partial charge in [-0.05, 0) is 30.3 Å². The molecular formula is C17H15ClF3NO3. The molecule has 2 aromatic carbocycles. The highest BCUT2D eigenvalue weighted by Crippen LogP contribution is 2.31. The molecule has 0 atom stereocenters. The Morgan fingerprint density at radius 2 is 1.84 bits per heavy atom. The van der Waals surface area contributed by atoms with Crippen LogP contribution in [0, 0.1) is 0 Å². The molecule has 0 saturated carbocycles. The number of amides is 1. The summed E-state index contributed by atoms with van der Waals surface area (Å²) in [5, 5.41) is 2.99. The van der Waals surface area contributed by atoms with Crippen molar-refractivity contribution in [3.8, 4) is 11.5 Å². The number of halogens is 4. The Kier molecular flexibility index (Phi) is 6.52. The summed E-state index contributed by atoms with van der Waals surface area (Å²) in [6.07, 6.45) is -4.46. The lowest BCUT2D eigenvalue weighted by Crippen LogP contribution is -2.32. The maximum Gasteiger partial charge on any atom is 0.416 e. The molecule has 25 heavy (non-hydrogen) atoms. The molecule has 1 amide bonds. The Bertz CT molecular complexity index is 722. The molecule has 8 heteroatoms. The van der Waals surface area contributed by atoms with Crippen LogP contribution in [-0.4, -0.2) is 25.7 Å². The third-order valence-corrected chi connectivity index (χ3v) is 3.36. The monoisotopic (exact) mass is 373 g/mol.